The molecule has 23 heavy (non-hydrogen) atoms. The summed E-state index contributed by atoms with van der Waals surface area (Å²) in [4.78, 5) is 0. The monoisotopic (exact) mass is 327 g/mol. The first-order chi connectivity index (χ1) is 11.3. The van der Waals surface area contributed by atoms with Crippen molar-refractivity contribution in [2.45, 2.75) is 6.42 Å². The van der Waals surface area contributed by atoms with E-state index in [-0.39, 0.29) is 0 Å². The van der Waals surface area contributed by atoms with Crippen LogP contribution in [0.2, 0.25) is 5.02 Å². The number of anilines is 1. The molecule has 0 atom stereocenters. The molecule has 4 nitrogen and oxygen atoms in total. The van der Waals surface area contributed by atoms with Crippen LogP contribution < -0.4 is 11.1 Å². The van der Waals surface area contributed by atoms with E-state index < -0.39 is 0 Å². The highest BCUT2D eigenvalue weighted by Crippen LogP contribution is 2.37. The Labute approximate surface area is 140 Å². The number of nitrogens with zero attached hydrogens (tertiary/aromatic N) is 1. The molecule has 0 aliphatic rings. The first kappa shape index (κ1) is 15.6. The number of halogens is 1. The van der Waals surface area contributed by atoms with Crippen molar-refractivity contribution in [2.75, 3.05) is 18.4 Å². The fourth-order valence-corrected chi connectivity index (χ4v) is 2.52. The number of aromatic nitrogens is 1. The molecule has 1 heterocycles. The SMILES string of the molecule is NCCCNc1onc(-c2ccc(Cl)cc2)c1-c1ccccc1. The molecule has 0 saturated heterocycles. The van der Waals surface area contributed by atoms with Gasteiger partial charge in [0.05, 0.1) is 5.56 Å². The maximum absolute atomic E-state index is 5.98. The molecule has 1 aromatic heterocycles. The van der Waals surface area contributed by atoms with Gasteiger partial charge in [-0.25, -0.2) is 0 Å². The predicted octanol–water partition coefficient (Wildman–Crippen LogP) is 4.42. The van der Waals surface area contributed by atoms with Crippen molar-refractivity contribution < 1.29 is 4.52 Å². The Bertz CT molecular complexity index is 754. The lowest BCUT2D eigenvalue weighted by molar-refractivity contribution is 0.434. The van der Waals surface area contributed by atoms with Gasteiger partial charge in [-0.05, 0) is 30.7 Å². The molecule has 0 aliphatic heterocycles. The van der Waals surface area contributed by atoms with Gasteiger partial charge in [-0.3, -0.25) is 0 Å². The Kier molecular flexibility index (Phi) is 4.95. The van der Waals surface area contributed by atoms with Gasteiger partial charge < -0.3 is 15.6 Å². The topological polar surface area (TPSA) is 64.1 Å². The van der Waals surface area contributed by atoms with Crippen LogP contribution in [0.4, 0.5) is 5.88 Å². The first-order valence-electron chi connectivity index (χ1n) is 7.54. The predicted molar refractivity (Wildman–Crippen MR) is 94.5 cm³/mol. The Hall–Kier alpha value is -2.30. The quantitative estimate of drug-likeness (QED) is 0.658. The van der Waals surface area contributed by atoms with Crippen LogP contribution in [-0.2, 0) is 0 Å². The molecular formula is C18H18ClN3O. The van der Waals surface area contributed by atoms with Crippen LogP contribution in [0.15, 0.2) is 59.1 Å². The Morgan fingerprint density at radius 2 is 1.74 bits per heavy atom. The molecule has 0 amide bonds. The molecule has 0 bridgehead atoms. The summed E-state index contributed by atoms with van der Waals surface area (Å²) in [5, 5.41) is 8.23. The summed E-state index contributed by atoms with van der Waals surface area (Å²) in [6.45, 7) is 1.37. The molecule has 2 aromatic carbocycles. The molecule has 0 fully saturated rings. The third kappa shape index (κ3) is 3.55. The van der Waals surface area contributed by atoms with Crippen LogP contribution in [0.1, 0.15) is 6.42 Å². The average molecular weight is 328 g/mol. The second-order valence-corrected chi connectivity index (χ2v) is 5.61. The van der Waals surface area contributed by atoms with E-state index in [0.29, 0.717) is 17.5 Å². The highest BCUT2D eigenvalue weighted by molar-refractivity contribution is 6.30. The zero-order valence-corrected chi connectivity index (χ0v) is 13.4. The van der Waals surface area contributed by atoms with Gasteiger partial charge in [0, 0.05) is 17.1 Å². The first-order valence-corrected chi connectivity index (χ1v) is 7.92. The van der Waals surface area contributed by atoms with E-state index in [9.17, 15) is 0 Å². The highest BCUT2D eigenvalue weighted by atomic mass is 35.5. The van der Waals surface area contributed by atoms with Crippen LogP contribution in [-0.4, -0.2) is 18.2 Å². The van der Waals surface area contributed by atoms with Gasteiger partial charge in [0.15, 0.2) is 0 Å². The van der Waals surface area contributed by atoms with Crippen molar-refractivity contribution in [3.8, 4) is 22.4 Å². The van der Waals surface area contributed by atoms with Crippen LogP contribution in [0.25, 0.3) is 22.4 Å². The number of hydrogen-bond donors (Lipinski definition) is 2. The summed E-state index contributed by atoms with van der Waals surface area (Å²) in [5.74, 6) is 0.662. The van der Waals surface area contributed by atoms with Crippen molar-refractivity contribution in [3.63, 3.8) is 0 Å². The highest BCUT2D eigenvalue weighted by Gasteiger charge is 2.18. The molecule has 0 saturated carbocycles. The van der Waals surface area contributed by atoms with Gasteiger partial charge in [0.1, 0.15) is 5.69 Å². The van der Waals surface area contributed by atoms with Gasteiger partial charge >= 0.3 is 0 Å². The maximum Gasteiger partial charge on any atom is 0.233 e. The smallest absolute Gasteiger partial charge is 0.233 e. The summed E-state index contributed by atoms with van der Waals surface area (Å²) >= 11 is 5.98. The third-order valence-corrected chi connectivity index (χ3v) is 3.79. The van der Waals surface area contributed by atoms with Crippen LogP contribution in [0, 0.1) is 0 Å². The minimum atomic E-state index is 0.631. The summed E-state index contributed by atoms with van der Waals surface area (Å²) in [7, 11) is 0. The van der Waals surface area contributed by atoms with Crippen molar-refractivity contribution in [1.82, 2.24) is 5.16 Å². The van der Waals surface area contributed by atoms with E-state index >= 15 is 0 Å². The molecule has 0 aliphatic carbocycles. The minimum Gasteiger partial charge on any atom is -0.353 e. The van der Waals surface area contributed by atoms with Gasteiger partial charge in [-0.1, -0.05) is 59.2 Å². The molecule has 118 valence electrons. The largest absolute Gasteiger partial charge is 0.353 e. The zero-order valence-electron chi connectivity index (χ0n) is 12.6. The van der Waals surface area contributed by atoms with E-state index in [0.717, 1.165) is 35.3 Å². The van der Waals surface area contributed by atoms with Gasteiger partial charge in [0.2, 0.25) is 5.88 Å². The molecule has 0 spiro atoms. The fraction of sp³-hybridized carbons (Fsp3) is 0.167. The van der Waals surface area contributed by atoms with Crippen molar-refractivity contribution in [1.29, 1.82) is 0 Å². The third-order valence-electron chi connectivity index (χ3n) is 3.54. The van der Waals surface area contributed by atoms with E-state index in [1.165, 1.54) is 0 Å². The van der Waals surface area contributed by atoms with E-state index in [1.807, 2.05) is 54.6 Å². The summed E-state index contributed by atoms with van der Waals surface area (Å²) < 4.78 is 5.55. The number of hydrogen-bond acceptors (Lipinski definition) is 4. The second kappa shape index (κ2) is 7.31. The van der Waals surface area contributed by atoms with Crippen molar-refractivity contribution in [3.05, 3.63) is 59.6 Å². The van der Waals surface area contributed by atoms with E-state index in [1.54, 1.807) is 0 Å². The van der Waals surface area contributed by atoms with E-state index in [4.69, 9.17) is 21.9 Å². The number of benzene rings is 2. The van der Waals surface area contributed by atoms with Gasteiger partial charge in [0.25, 0.3) is 0 Å². The zero-order chi connectivity index (χ0) is 16.1. The molecule has 3 rings (SSSR count). The normalized spacial score (nSPS) is 10.7. The summed E-state index contributed by atoms with van der Waals surface area (Å²) in [6, 6.07) is 17.6. The van der Waals surface area contributed by atoms with Crippen LogP contribution in [0.5, 0.6) is 0 Å². The average Bonchev–Trinajstić information content (AvgIpc) is 3.00. The Morgan fingerprint density at radius 3 is 2.43 bits per heavy atom. The molecule has 0 unspecified atom stereocenters. The lowest BCUT2D eigenvalue weighted by Crippen LogP contribution is -2.08. The Balaban J connectivity index is 2.04. The second-order valence-electron chi connectivity index (χ2n) is 5.18. The minimum absolute atomic E-state index is 0.631. The molecule has 5 heteroatoms. The molecule has 3 aromatic rings. The van der Waals surface area contributed by atoms with Crippen LogP contribution in [0.3, 0.4) is 0 Å². The molecular weight excluding hydrogens is 310 g/mol. The lowest BCUT2D eigenvalue weighted by atomic mass is 10.0. The summed E-state index contributed by atoms with van der Waals surface area (Å²) in [6.07, 6.45) is 0.866. The number of rotatable bonds is 6. The molecule has 0 radical (unpaired) electrons. The van der Waals surface area contributed by atoms with Crippen molar-refractivity contribution >= 4 is 17.5 Å². The van der Waals surface area contributed by atoms with Crippen molar-refractivity contribution in [2.24, 2.45) is 5.73 Å². The maximum atomic E-state index is 5.98. The Morgan fingerprint density at radius 1 is 1.00 bits per heavy atom. The standard InChI is InChI=1S/C18H18ClN3O/c19-15-9-7-14(8-10-15)17-16(13-5-2-1-3-6-13)18(23-22-17)21-12-4-11-20/h1-3,5-10,21H,4,11-12,20H2. The van der Waals surface area contributed by atoms with E-state index in [2.05, 4.69) is 10.5 Å². The van der Waals surface area contributed by atoms with Crippen LogP contribution >= 0.6 is 11.6 Å². The van der Waals surface area contributed by atoms with Gasteiger partial charge in [-0.15, -0.1) is 0 Å². The fourth-order valence-electron chi connectivity index (χ4n) is 2.39. The lowest BCUT2D eigenvalue weighted by Gasteiger charge is -2.06. The number of nitrogens with one attached hydrogen (secondary N) is 1. The van der Waals surface area contributed by atoms with Gasteiger partial charge in [-0.2, -0.15) is 0 Å². The molecule has 3 N–H and O–H groups in total. The number of nitrogens with two attached hydrogens (primary N) is 1. The summed E-state index contributed by atoms with van der Waals surface area (Å²) in [5.41, 5.74) is 9.31.